The van der Waals surface area contributed by atoms with Crippen LogP contribution in [0.25, 0.3) is 0 Å². The maximum absolute atomic E-state index is 10.6. The molecule has 0 saturated heterocycles. The van der Waals surface area contributed by atoms with E-state index in [1.165, 1.54) is 0 Å². The van der Waals surface area contributed by atoms with Gasteiger partial charge in [0.05, 0.1) is 8.04 Å². The fourth-order valence-electron chi connectivity index (χ4n) is 1.08. The zero-order valence-corrected chi connectivity index (χ0v) is 11.3. The van der Waals surface area contributed by atoms with E-state index in [-0.39, 0.29) is 12.2 Å². The van der Waals surface area contributed by atoms with Crippen molar-refractivity contribution in [1.29, 1.82) is 0 Å². The van der Waals surface area contributed by atoms with Crippen LogP contribution in [0.1, 0.15) is 5.56 Å². The normalized spacial score (nSPS) is 12.5. The molecule has 4 nitrogen and oxygen atoms in total. The van der Waals surface area contributed by atoms with Crippen molar-refractivity contribution >= 4 is 44.5 Å². The lowest BCUT2D eigenvalue weighted by atomic mass is 10.1. The molecule has 6 heteroatoms. The molecule has 0 unspecified atom stereocenters. The molecule has 1 aromatic rings. The number of hydrogen-bond acceptors (Lipinski definition) is 3. The standard InChI is InChI=1S/C9H9BrINO3/c10-5-1-4(2-6(11)8(5)13)3-7(12)9(14)15/h1-2,7,13H,3,12H2,(H,14,15)/t7-/m0/s1. The summed E-state index contributed by atoms with van der Waals surface area (Å²) in [4.78, 5) is 10.6. The smallest absolute Gasteiger partial charge is 0.320 e. The van der Waals surface area contributed by atoms with Gasteiger partial charge in [-0.2, -0.15) is 0 Å². The number of aliphatic carboxylic acids is 1. The molecule has 1 rings (SSSR count). The molecular weight excluding hydrogens is 377 g/mol. The fourth-order valence-corrected chi connectivity index (χ4v) is 2.65. The molecule has 1 aromatic carbocycles. The molecule has 15 heavy (non-hydrogen) atoms. The number of benzene rings is 1. The SMILES string of the molecule is N[C@@H](Cc1cc(Br)c(O)c(I)c1)C(=O)O. The molecule has 0 aliphatic carbocycles. The van der Waals surface area contributed by atoms with Crippen LogP contribution in [0.15, 0.2) is 16.6 Å². The number of phenolic OH excluding ortho intramolecular Hbond substituents is 1. The third kappa shape index (κ3) is 3.32. The predicted molar refractivity (Wildman–Crippen MR) is 67.8 cm³/mol. The van der Waals surface area contributed by atoms with E-state index in [1.54, 1.807) is 12.1 Å². The third-order valence-electron chi connectivity index (χ3n) is 1.85. The van der Waals surface area contributed by atoms with Gasteiger partial charge in [-0.3, -0.25) is 4.79 Å². The maximum Gasteiger partial charge on any atom is 0.320 e. The Balaban J connectivity index is 2.92. The summed E-state index contributed by atoms with van der Waals surface area (Å²) in [5.74, 6) is -0.877. The van der Waals surface area contributed by atoms with Gasteiger partial charge in [-0.25, -0.2) is 0 Å². The summed E-state index contributed by atoms with van der Waals surface area (Å²) in [6, 6.07) is 2.46. The highest BCUT2D eigenvalue weighted by Gasteiger charge is 2.14. The van der Waals surface area contributed by atoms with E-state index in [4.69, 9.17) is 10.8 Å². The Morgan fingerprint density at radius 3 is 2.67 bits per heavy atom. The Morgan fingerprint density at radius 2 is 2.20 bits per heavy atom. The van der Waals surface area contributed by atoms with E-state index in [0.717, 1.165) is 5.56 Å². The molecule has 0 amide bonds. The lowest BCUT2D eigenvalue weighted by molar-refractivity contribution is -0.138. The number of aromatic hydroxyl groups is 1. The van der Waals surface area contributed by atoms with Crippen molar-refractivity contribution in [2.75, 3.05) is 0 Å². The van der Waals surface area contributed by atoms with Gasteiger partial charge in [0.15, 0.2) is 0 Å². The van der Waals surface area contributed by atoms with Crippen LogP contribution in [-0.4, -0.2) is 22.2 Å². The number of carbonyl (C=O) groups is 1. The average Bonchev–Trinajstić information content (AvgIpc) is 2.13. The van der Waals surface area contributed by atoms with Crippen molar-refractivity contribution in [3.05, 3.63) is 25.7 Å². The van der Waals surface area contributed by atoms with Crippen molar-refractivity contribution in [3.8, 4) is 5.75 Å². The minimum Gasteiger partial charge on any atom is -0.506 e. The van der Waals surface area contributed by atoms with Gasteiger partial charge < -0.3 is 15.9 Å². The number of phenols is 1. The Hall–Kier alpha value is -0.340. The van der Waals surface area contributed by atoms with E-state index < -0.39 is 12.0 Å². The summed E-state index contributed by atoms with van der Waals surface area (Å²) in [5, 5.41) is 18.1. The van der Waals surface area contributed by atoms with Crippen LogP contribution in [-0.2, 0) is 11.2 Å². The monoisotopic (exact) mass is 385 g/mol. The number of halogens is 2. The lowest BCUT2D eigenvalue weighted by Gasteiger charge is -2.08. The summed E-state index contributed by atoms with van der Waals surface area (Å²) in [6.07, 6.45) is 0.240. The van der Waals surface area contributed by atoms with Crippen molar-refractivity contribution in [2.45, 2.75) is 12.5 Å². The molecule has 0 aliphatic rings. The molecule has 0 heterocycles. The first-order chi connectivity index (χ1) is 6.91. The van der Waals surface area contributed by atoms with Gasteiger partial charge in [-0.15, -0.1) is 0 Å². The fraction of sp³-hybridized carbons (Fsp3) is 0.222. The van der Waals surface area contributed by atoms with Crippen LogP contribution >= 0.6 is 38.5 Å². The molecule has 0 spiro atoms. The number of hydrogen-bond donors (Lipinski definition) is 3. The highest BCUT2D eigenvalue weighted by atomic mass is 127. The highest BCUT2D eigenvalue weighted by molar-refractivity contribution is 14.1. The van der Waals surface area contributed by atoms with E-state index in [1.807, 2.05) is 22.6 Å². The quantitative estimate of drug-likeness (QED) is 0.691. The molecule has 1 atom stereocenters. The second-order valence-corrected chi connectivity index (χ2v) is 5.07. The number of nitrogens with two attached hydrogens (primary N) is 1. The lowest BCUT2D eigenvalue weighted by Crippen LogP contribution is -2.32. The highest BCUT2D eigenvalue weighted by Crippen LogP contribution is 2.30. The first kappa shape index (κ1) is 12.7. The average molecular weight is 386 g/mol. The van der Waals surface area contributed by atoms with Gasteiger partial charge in [0.2, 0.25) is 0 Å². The van der Waals surface area contributed by atoms with Gasteiger partial charge in [-0.1, -0.05) is 0 Å². The molecule has 4 N–H and O–H groups in total. The van der Waals surface area contributed by atoms with Gasteiger partial charge in [-0.05, 0) is 62.6 Å². The van der Waals surface area contributed by atoms with Crippen molar-refractivity contribution < 1.29 is 15.0 Å². The number of carboxylic acids is 1. The minimum absolute atomic E-state index is 0.156. The Bertz CT molecular complexity index is 374. The Labute approximate surface area is 109 Å². The van der Waals surface area contributed by atoms with Gasteiger partial charge >= 0.3 is 5.97 Å². The van der Waals surface area contributed by atoms with Crippen LogP contribution in [0, 0.1) is 3.57 Å². The van der Waals surface area contributed by atoms with Crippen molar-refractivity contribution in [3.63, 3.8) is 0 Å². The molecule has 0 aliphatic heterocycles. The minimum atomic E-state index is -1.03. The molecule has 0 saturated carbocycles. The maximum atomic E-state index is 10.6. The number of rotatable bonds is 3. The third-order valence-corrected chi connectivity index (χ3v) is 3.28. The second-order valence-electron chi connectivity index (χ2n) is 3.06. The molecular formula is C9H9BrINO3. The van der Waals surface area contributed by atoms with E-state index in [2.05, 4.69) is 15.9 Å². The van der Waals surface area contributed by atoms with Gasteiger partial charge in [0.1, 0.15) is 11.8 Å². The van der Waals surface area contributed by atoms with E-state index >= 15 is 0 Å². The summed E-state index contributed by atoms with van der Waals surface area (Å²) in [5.41, 5.74) is 6.18. The number of carboxylic acid groups (broad SMARTS) is 1. The molecule has 0 fully saturated rings. The zero-order chi connectivity index (χ0) is 11.6. The summed E-state index contributed by atoms with van der Waals surface area (Å²) in [6.45, 7) is 0. The largest absolute Gasteiger partial charge is 0.506 e. The Morgan fingerprint density at radius 1 is 1.60 bits per heavy atom. The van der Waals surface area contributed by atoms with E-state index in [0.29, 0.717) is 8.04 Å². The molecule has 82 valence electrons. The summed E-state index contributed by atoms with van der Waals surface area (Å²) < 4.78 is 1.21. The van der Waals surface area contributed by atoms with Crippen LogP contribution in [0.4, 0.5) is 0 Å². The van der Waals surface area contributed by atoms with E-state index in [9.17, 15) is 9.90 Å². The van der Waals surface area contributed by atoms with Gasteiger partial charge in [0.25, 0.3) is 0 Å². The zero-order valence-electron chi connectivity index (χ0n) is 7.58. The van der Waals surface area contributed by atoms with Crippen LogP contribution < -0.4 is 5.73 Å². The van der Waals surface area contributed by atoms with Gasteiger partial charge in [0, 0.05) is 0 Å². The molecule has 0 aromatic heterocycles. The molecule has 0 radical (unpaired) electrons. The topological polar surface area (TPSA) is 83.5 Å². The van der Waals surface area contributed by atoms with Crippen LogP contribution in [0.3, 0.4) is 0 Å². The van der Waals surface area contributed by atoms with Crippen LogP contribution in [0.2, 0.25) is 0 Å². The Kier molecular flexibility index (Phi) is 4.35. The molecule has 0 bridgehead atoms. The van der Waals surface area contributed by atoms with Crippen molar-refractivity contribution in [2.24, 2.45) is 5.73 Å². The summed E-state index contributed by atoms with van der Waals surface area (Å²) in [7, 11) is 0. The van der Waals surface area contributed by atoms with Crippen LogP contribution in [0.5, 0.6) is 5.75 Å². The van der Waals surface area contributed by atoms with Crippen molar-refractivity contribution in [1.82, 2.24) is 0 Å². The summed E-state index contributed by atoms with van der Waals surface area (Å²) >= 11 is 5.15. The second kappa shape index (κ2) is 5.13. The predicted octanol–water partition coefficient (Wildman–Crippen LogP) is 1.71. The first-order valence-corrected chi connectivity index (χ1v) is 5.94. The first-order valence-electron chi connectivity index (χ1n) is 4.07.